The molecule has 104 valence electrons. The van der Waals surface area contributed by atoms with E-state index in [1.165, 1.54) is 25.0 Å². The van der Waals surface area contributed by atoms with E-state index < -0.39 is 0 Å². The topological polar surface area (TPSA) is 37.8 Å². The van der Waals surface area contributed by atoms with Crippen molar-refractivity contribution in [3.63, 3.8) is 0 Å². The molecule has 5 heteroatoms. The fourth-order valence-electron chi connectivity index (χ4n) is 2.21. The van der Waals surface area contributed by atoms with Crippen molar-refractivity contribution in [1.29, 1.82) is 0 Å². The first-order valence-electron chi connectivity index (χ1n) is 6.66. The van der Waals surface area contributed by atoms with Crippen LogP contribution in [0.2, 0.25) is 0 Å². The largest absolute Gasteiger partial charge is 0.372 e. The summed E-state index contributed by atoms with van der Waals surface area (Å²) in [6.45, 7) is 0. The molecule has 1 fully saturated rings. The minimum Gasteiger partial charge on any atom is -0.372 e. The molecule has 0 amide bonds. The number of nitrogens with zero attached hydrogens (tertiary/aromatic N) is 2. The zero-order valence-corrected chi connectivity index (χ0v) is 13.3. The minimum atomic E-state index is -0.218. The Kier molecular flexibility index (Phi) is 3.87. The molecule has 2 aromatic rings. The molecule has 1 aromatic carbocycles. The molecule has 1 N–H and O–H groups in total. The Labute approximate surface area is 131 Å². The van der Waals surface area contributed by atoms with Crippen molar-refractivity contribution in [3.05, 3.63) is 50.7 Å². The van der Waals surface area contributed by atoms with E-state index in [-0.39, 0.29) is 5.82 Å². The summed E-state index contributed by atoms with van der Waals surface area (Å²) in [5, 5.41) is 3.12. The van der Waals surface area contributed by atoms with Gasteiger partial charge in [0, 0.05) is 19.4 Å². The van der Waals surface area contributed by atoms with Crippen LogP contribution in [0, 0.1) is 9.39 Å². The Morgan fingerprint density at radius 1 is 1.35 bits per heavy atom. The molecule has 20 heavy (non-hydrogen) atoms. The Bertz CT molecular complexity index is 641. The highest BCUT2D eigenvalue weighted by Crippen LogP contribution is 2.42. The number of rotatable bonds is 4. The molecule has 0 atom stereocenters. The maximum atomic E-state index is 13.2. The summed E-state index contributed by atoms with van der Waals surface area (Å²) in [7, 11) is 1.87. The molecular formula is C15H15FIN3. The zero-order valence-electron chi connectivity index (χ0n) is 11.2. The number of anilines is 1. The number of aromatic nitrogens is 2. The summed E-state index contributed by atoms with van der Waals surface area (Å²) in [6.07, 6.45) is 2.97. The fourth-order valence-corrected chi connectivity index (χ4v) is 3.17. The first-order chi connectivity index (χ1) is 9.67. The summed E-state index contributed by atoms with van der Waals surface area (Å²) in [5.74, 6) is 1.98. The summed E-state index contributed by atoms with van der Waals surface area (Å²) < 4.78 is 14.3. The average Bonchev–Trinajstić information content (AvgIpc) is 3.25. The summed E-state index contributed by atoms with van der Waals surface area (Å²) in [6, 6.07) is 6.61. The highest BCUT2D eigenvalue weighted by atomic mass is 127. The van der Waals surface area contributed by atoms with Crippen molar-refractivity contribution in [2.45, 2.75) is 25.2 Å². The van der Waals surface area contributed by atoms with E-state index in [0.29, 0.717) is 12.3 Å². The van der Waals surface area contributed by atoms with Gasteiger partial charge in [-0.15, -0.1) is 0 Å². The lowest BCUT2D eigenvalue weighted by Crippen LogP contribution is -2.07. The van der Waals surface area contributed by atoms with Crippen LogP contribution in [-0.2, 0) is 6.42 Å². The average molecular weight is 383 g/mol. The minimum absolute atomic E-state index is 0.218. The quantitative estimate of drug-likeness (QED) is 0.818. The van der Waals surface area contributed by atoms with Crippen LogP contribution < -0.4 is 5.32 Å². The Hall–Kier alpha value is -1.24. The maximum absolute atomic E-state index is 13.2. The second kappa shape index (κ2) is 5.63. The second-order valence-corrected chi connectivity index (χ2v) is 6.10. The Morgan fingerprint density at radius 3 is 2.80 bits per heavy atom. The molecule has 0 spiro atoms. The van der Waals surface area contributed by atoms with Gasteiger partial charge in [0.2, 0.25) is 0 Å². The number of hydrogen-bond acceptors (Lipinski definition) is 3. The van der Waals surface area contributed by atoms with E-state index in [0.717, 1.165) is 26.5 Å². The fraction of sp³-hybridized carbons (Fsp3) is 0.333. The van der Waals surface area contributed by atoms with E-state index in [2.05, 4.69) is 37.9 Å². The smallest absolute Gasteiger partial charge is 0.143 e. The molecule has 0 aliphatic heterocycles. The number of hydrogen-bond donors (Lipinski definition) is 1. The van der Waals surface area contributed by atoms with E-state index in [4.69, 9.17) is 0 Å². The first-order valence-corrected chi connectivity index (χ1v) is 7.73. The third-order valence-corrected chi connectivity index (χ3v) is 4.44. The van der Waals surface area contributed by atoms with Gasteiger partial charge in [0.25, 0.3) is 0 Å². The van der Waals surface area contributed by atoms with Gasteiger partial charge in [0.05, 0.1) is 9.26 Å². The molecule has 3 rings (SSSR count). The highest BCUT2D eigenvalue weighted by molar-refractivity contribution is 14.1. The summed E-state index contributed by atoms with van der Waals surface area (Å²) in [5.41, 5.74) is 2.03. The number of benzene rings is 1. The van der Waals surface area contributed by atoms with Crippen LogP contribution in [-0.4, -0.2) is 17.0 Å². The van der Waals surface area contributed by atoms with Gasteiger partial charge in [-0.05, 0) is 53.1 Å². The summed E-state index contributed by atoms with van der Waals surface area (Å²) >= 11 is 2.30. The standard InChI is InChI=1S/C15H15FIN3/c1-18-15-13(17)14(10-5-6-10)19-12(20-15)8-9-3-2-4-11(16)7-9/h2-4,7,10H,5-6,8H2,1H3,(H,18,19,20). The van der Waals surface area contributed by atoms with Gasteiger partial charge in [0.15, 0.2) is 0 Å². The molecule has 1 aliphatic carbocycles. The molecule has 1 aliphatic rings. The SMILES string of the molecule is CNc1nc(Cc2cccc(F)c2)nc(C2CC2)c1I. The second-order valence-electron chi connectivity index (χ2n) is 5.02. The normalized spacial score (nSPS) is 14.3. The van der Waals surface area contributed by atoms with Crippen LogP contribution >= 0.6 is 22.6 Å². The zero-order chi connectivity index (χ0) is 14.1. The van der Waals surface area contributed by atoms with Gasteiger partial charge in [0.1, 0.15) is 17.5 Å². The van der Waals surface area contributed by atoms with E-state index in [1.54, 1.807) is 6.07 Å². The monoisotopic (exact) mass is 383 g/mol. The molecule has 1 heterocycles. The van der Waals surface area contributed by atoms with Crippen LogP contribution in [0.4, 0.5) is 10.2 Å². The molecule has 0 radical (unpaired) electrons. The van der Waals surface area contributed by atoms with Crippen molar-refractivity contribution >= 4 is 28.4 Å². The molecule has 0 unspecified atom stereocenters. The Morgan fingerprint density at radius 2 is 2.15 bits per heavy atom. The molecule has 1 saturated carbocycles. The van der Waals surface area contributed by atoms with E-state index in [1.807, 2.05) is 13.1 Å². The molecule has 0 saturated heterocycles. The third-order valence-electron chi connectivity index (χ3n) is 3.38. The van der Waals surface area contributed by atoms with Gasteiger partial charge >= 0.3 is 0 Å². The highest BCUT2D eigenvalue weighted by Gasteiger charge is 2.29. The predicted octanol–water partition coefficient (Wildman–Crippen LogP) is 3.73. The van der Waals surface area contributed by atoms with Gasteiger partial charge in [-0.25, -0.2) is 14.4 Å². The van der Waals surface area contributed by atoms with Crippen LogP contribution in [0.3, 0.4) is 0 Å². The van der Waals surface area contributed by atoms with Gasteiger partial charge < -0.3 is 5.32 Å². The van der Waals surface area contributed by atoms with Crippen LogP contribution in [0.5, 0.6) is 0 Å². The molecule has 3 nitrogen and oxygen atoms in total. The number of nitrogens with one attached hydrogen (secondary N) is 1. The number of halogens is 2. The van der Waals surface area contributed by atoms with Crippen LogP contribution in [0.1, 0.15) is 35.8 Å². The first kappa shape index (κ1) is 13.7. The van der Waals surface area contributed by atoms with Gasteiger partial charge in [-0.3, -0.25) is 0 Å². The van der Waals surface area contributed by atoms with Crippen molar-refractivity contribution in [1.82, 2.24) is 9.97 Å². The van der Waals surface area contributed by atoms with Crippen molar-refractivity contribution < 1.29 is 4.39 Å². The van der Waals surface area contributed by atoms with E-state index in [9.17, 15) is 4.39 Å². The van der Waals surface area contributed by atoms with Crippen molar-refractivity contribution in [3.8, 4) is 0 Å². The molecular weight excluding hydrogens is 368 g/mol. The van der Waals surface area contributed by atoms with Crippen molar-refractivity contribution in [2.75, 3.05) is 12.4 Å². The third kappa shape index (κ3) is 2.92. The lowest BCUT2D eigenvalue weighted by atomic mass is 10.1. The lowest BCUT2D eigenvalue weighted by molar-refractivity contribution is 0.625. The molecule has 1 aromatic heterocycles. The van der Waals surface area contributed by atoms with Crippen molar-refractivity contribution in [2.24, 2.45) is 0 Å². The van der Waals surface area contributed by atoms with Crippen LogP contribution in [0.15, 0.2) is 24.3 Å². The Balaban J connectivity index is 1.94. The van der Waals surface area contributed by atoms with Crippen LogP contribution in [0.25, 0.3) is 0 Å². The molecule has 0 bridgehead atoms. The lowest BCUT2D eigenvalue weighted by Gasteiger charge is -2.10. The van der Waals surface area contributed by atoms with Gasteiger partial charge in [-0.1, -0.05) is 12.1 Å². The van der Waals surface area contributed by atoms with Gasteiger partial charge in [-0.2, -0.15) is 0 Å². The van der Waals surface area contributed by atoms with E-state index >= 15 is 0 Å². The summed E-state index contributed by atoms with van der Waals surface area (Å²) in [4.78, 5) is 9.22. The predicted molar refractivity (Wildman–Crippen MR) is 85.5 cm³/mol. The maximum Gasteiger partial charge on any atom is 0.143 e.